The molecule has 0 aliphatic rings. The second kappa shape index (κ2) is 6.35. The van der Waals surface area contributed by atoms with E-state index >= 15 is 0 Å². The Hall–Kier alpha value is -2.45. The van der Waals surface area contributed by atoms with Gasteiger partial charge in [-0.3, -0.25) is 0 Å². The summed E-state index contributed by atoms with van der Waals surface area (Å²) in [5.41, 5.74) is 1.83. The first kappa shape index (κ1) is 14.2. The quantitative estimate of drug-likeness (QED) is 0.504. The molecular weight excluding hydrogens is 332 g/mol. The largest absolute Gasteiger partial charge is 0.411 e. The molecule has 0 fully saturated rings. The highest BCUT2D eigenvalue weighted by Crippen LogP contribution is 2.26. The molecule has 0 atom stereocenters. The zero-order valence-corrected chi connectivity index (χ0v) is 13.4. The van der Waals surface area contributed by atoms with Crippen LogP contribution in [-0.4, -0.2) is 20.3 Å². The van der Waals surface area contributed by atoms with Gasteiger partial charge in [0.15, 0.2) is 5.82 Å². The maximum atomic E-state index is 5.63. The molecule has 0 N–H and O–H groups in total. The fraction of sp³-hybridized carbons (Fsp3) is 0.0667. The van der Waals surface area contributed by atoms with Crippen molar-refractivity contribution in [3.05, 3.63) is 53.0 Å². The van der Waals surface area contributed by atoms with Gasteiger partial charge in [0, 0.05) is 10.9 Å². The minimum atomic E-state index is 0.478. The molecule has 114 valence electrons. The third-order valence-electron chi connectivity index (χ3n) is 2.99. The fourth-order valence-corrected chi connectivity index (χ4v) is 3.14. The van der Waals surface area contributed by atoms with E-state index in [1.807, 2.05) is 47.2 Å². The summed E-state index contributed by atoms with van der Waals surface area (Å²) in [7, 11) is 0. The van der Waals surface area contributed by atoms with Gasteiger partial charge in [0.05, 0.1) is 11.3 Å². The van der Waals surface area contributed by atoms with Crippen molar-refractivity contribution in [3.63, 3.8) is 0 Å². The van der Waals surface area contributed by atoms with Gasteiger partial charge in [-0.05, 0) is 23.6 Å². The Morgan fingerprint density at radius 2 is 1.91 bits per heavy atom. The number of rotatable bonds is 5. The summed E-state index contributed by atoms with van der Waals surface area (Å²) >= 11 is 2.97. The Morgan fingerprint density at radius 1 is 1.00 bits per heavy atom. The van der Waals surface area contributed by atoms with E-state index < -0.39 is 0 Å². The van der Waals surface area contributed by atoms with Gasteiger partial charge in [-0.25, -0.2) is 0 Å². The van der Waals surface area contributed by atoms with Crippen LogP contribution in [0, 0.1) is 0 Å². The highest BCUT2D eigenvalue weighted by atomic mass is 32.2. The number of thioether (sulfide) groups is 1. The lowest BCUT2D eigenvalue weighted by molar-refractivity contribution is 0.425. The van der Waals surface area contributed by atoms with Crippen LogP contribution < -0.4 is 0 Å². The van der Waals surface area contributed by atoms with Gasteiger partial charge < -0.3 is 8.94 Å². The lowest BCUT2D eigenvalue weighted by Crippen LogP contribution is -1.84. The number of hydrogen-bond acceptors (Lipinski definition) is 8. The Bertz CT molecular complexity index is 887. The molecule has 0 saturated carbocycles. The maximum absolute atomic E-state index is 5.63. The fourth-order valence-electron chi connectivity index (χ4n) is 1.91. The number of benzene rings is 1. The van der Waals surface area contributed by atoms with E-state index in [-0.39, 0.29) is 0 Å². The molecule has 0 amide bonds. The lowest BCUT2D eigenvalue weighted by Gasteiger charge is -1.92. The summed E-state index contributed by atoms with van der Waals surface area (Å²) in [6, 6.07) is 11.6. The van der Waals surface area contributed by atoms with Crippen molar-refractivity contribution >= 4 is 23.1 Å². The summed E-state index contributed by atoms with van der Waals surface area (Å²) in [6.45, 7) is 0. The molecule has 6 nitrogen and oxygen atoms in total. The molecule has 1 aromatic carbocycles. The molecule has 0 aliphatic heterocycles. The average molecular weight is 342 g/mol. The van der Waals surface area contributed by atoms with Crippen molar-refractivity contribution in [2.24, 2.45) is 0 Å². The van der Waals surface area contributed by atoms with Crippen molar-refractivity contribution < 1.29 is 8.94 Å². The third-order valence-corrected chi connectivity index (χ3v) is 4.49. The van der Waals surface area contributed by atoms with E-state index in [4.69, 9.17) is 8.94 Å². The minimum absolute atomic E-state index is 0.478. The van der Waals surface area contributed by atoms with Gasteiger partial charge in [-0.1, -0.05) is 35.1 Å². The predicted octanol–water partition coefficient (Wildman–Crippen LogP) is 4.14. The minimum Gasteiger partial charge on any atom is -0.411 e. The number of hydrogen-bond donors (Lipinski definition) is 0. The van der Waals surface area contributed by atoms with Crippen LogP contribution in [0.3, 0.4) is 0 Å². The zero-order chi connectivity index (χ0) is 15.5. The predicted molar refractivity (Wildman–Crippen MR) is 86.9 cm³/mol. The highest BCUT2D eigenvalue weighted by molar-refractivity contribution is 7.98. The van der Waals surface area contributed by atoms with Crippen LogP contribution in [-0.2, 0) is 5.75 Å². The van der Waals surface area contributed by atoms with Crippen LogP contribution >= 0.6 is 23.1 Å². The summed E-state index contributed by atoms with van der Waals surface area (Å²) in [5.74, 6) is 2.12. The van der Waals surface area contributed by atoms with E-state index in [0.29, 0.717) is 28.6 Å². The first-order valence-electron chi connectivity index (χ1n) is 6.75. The molecule has 3 heterocycles. The zero-order valence-electron chi connectivity index (χ0n) is 11.7. The van der Waals surface area contributed by atoms with E-state index in [9.17, 15) is 0 Å². The van der Waals surface area contributed by atoms with Crippen LogP contribution in [0.5, 0.6) is 0 Å². The Morgan fingerprint density at radius 3 is 2.74 bits per heavy atom. The van der Waals surface area contributed by atoms with Crippen molar-refractivity contribution in [3.8, 4) is 22.9 Å². The molecule has 0 unspecified atom stereocenters. The van der Waals surface area contributed by atoms with Gasteiger partial charge in [0.1, 0.15) is 0 Å². The third kappa shape index (κ3) is 3.17. The molecule has 8 heteroatoms. The van der Waals surface area contributed by atoms with Gasteiger partial charge in [-0.15, -0.1) is 10.2 Å². The molecule has 0 saturated heterocycles. The lowest BCUT2D eigenvalue weighted by atomic mass is 10.2. The molecule has 0 aliphatic carbocycles. The van der Waals surface area contributed by atoms with Crippen LogP contribution in [0.4, 0.5) is 0 Å². The van der Waals surface area contributed by atoms with Crippen LogP contribution in [0.1, 0.15) is 5.82 Å². The summed E-state index contributed by atoms with van der Waals surface area (Å²) in [4.78, 5) is 4.35. The van der Waals surface area contributed by atoms with E-state index in [1.54, 1.807) is 11.3 Å². The van der Waals surface area contributed by atoms with Crippen molar-refractivity contribution in [1.29, 1.82) is 0 Å². The Balaban J connectivity index is 1.43. The van der Waals surface area contributed by atoms with E-state index in [1.165, 1.54) is 11.8 Å². The molecule has 23 heavy (non-hydrogen) atoms. The Labute approximate surface area is 139 Å². The highest BCUT2D eigenvalue weighted by Gasteiger charge is 2.12. The number of aromatic nitrogens is 4. The van der Waals surface area contributed by atoms with Gasteiger partial charge in [0.25, 0.3) is 11.1 Å². The first-order chi connectivity index (χ1) is 11.4. The van der Waals surface area contributed by atoms with E-state index in [0.717, 1.165) is 11.1 Å². The van der Waals surface area contributed by atoms with Gasteiger partial charge in [0.2, 0.25) is 5.89 Å². The molecule has 0 spiro atoms. The number of thiophene rings is 1. The molecule has 0 radical (unpaired) electrons. The monoisotopic (exact) mass is 342 g/mol. The SMILES string of the molecule is c1ccc(-c2nnc(SCc3noc(-c4ccsc4)n3)o2)cc1. The number of nitrogens with zero attached hydrogens (tertiary/aromatic N) is 4. The molecule has 3 aromatic heterocycles. The maximum Gasteiger partial charge on any atom is 0.277 e. The second-order valence-electron chi connectivity index (χ2n) is 4.56. The Kier molecular flexibility index (Phi) is 3.91. The topological polar surface area (TPSA) is 77.8 Å². The second-order valence-corrected chi connectivity index (χ2v) is 6.26. The smallest absolute Gasteiger partial charge is 0.277 e. The van der Waals surface area contributed by atoms with Crippen LogP contribution in [0.25, 0.3) is 22.9 Å². The molecule has 0 bridgehead atoms. The van der Waals surface area contributed by atoms with Crippen molar-refractivity contribution in [1.82, 2.24) is 20.3 Å². The summed E-state index contributed by atoms with van der Waals surface area (Å²) < 4.78 is 10.9. The molecule has 4 rings (SSSR count). The van der Waals surface area contributed by atoms with Gasteiger partial charge in [-0.2, -0.15) is 16.3 Å². The molecular formula is C15H10N4O2S2. The summed E-state index contributed by atoms with van der Waals surface area (Å²) in [6.07, 6.45) is 0. The van der Waals surface area contributed by atoms with Gasteiger partial charge >= 0.3 is 0 Å². The average Bonchev–Trinajstić information content (AvgIpc) is 3.33. The molecule has 4 aromatic rings. The van der Waals surface area contributed by atoms with Crippen molar-refractivity contribution in [2.75, 3.05) is 0 Å². The van der Waals surface area contributed by atoms with Crippen LogP contribution in [0.2, 0.25) is 0 Å². The summed E-state index contributed by atoms with van der Waals surface area (Å²) in [5, 5.41) is 16.4. The first-order valence-corrected chi connectivity index (χ1v) is 8.68. The standard InChI is InChI=1S/C15H10N4O2S2/c1-2-4-10(5-3-1)14-17-18-15(20-14)23-9-12-16-13(21-19-12)11-6-7-22-8-11/h1-8H,9H2. The van der Waals surface area contributed by atoms with Crippen LogP contribution in [0.15, 0.2) is 61.3 Å². The van der Waals surface area contributed by atoms with E-state index in [2.05, 4.69) is 20.3 Å². The van der Waals surface area contributed by atoms with Crippen molar-refractivity contribution in [2.45, 2.75) is 11.0 Å². The normalized spacial score (nSPS) is 11.0.